The van der Waals surface area contributed by atoms with Crippen molar-refractivity contribution >= 4 is 0 Å². The highest BCUT2D eigenvalue weighted by atomic mass is 15.1. The molecule has 0 saturated heterocycles. The zero-order chi connectivity index (χ0) is 13.4. The third-order valence-electron chi connectivity index (χ3n) is 4.31. The zero-order valence-electron chi connectivity index (χ0n) is 13.0. The highest BCUT2D eigenvalue weighted by molar-refractivity contribution is 4.77. The molecule has 1 aliphatic rings. The molecule has 2 atom stereocenters. The van der Waals surface area contributed by atoms with Crippen LogP contribution in [0.3, 0.4) is 0 Å². The molecular weight excluding hydrogens is 220 g/mol. The monoisotopic (exact) mass is 254 g/mol. The molecule has 18 heavy (non-hydrogen) atoms. The fourth-order valence-corrected chi connectivity index (χ4v) is 3.00. The molecule has 0 aromatic heterocycles. The predicted molar refractivity (Wildman–Crippen MR) is 81.0 cm³/mol. The van der Waals surface area contributed by atoms with Crippen molar-refractivity contribution in [3.8, 4) is 0 Å². The number of hydrogen-bond acceptors (Lipinski definition) is 2. The van der Waals surface area contributed by atoms with Gasteiger partial charge in [0, 0.05) is 19.1 Å². The van der Waals surface area contributed by atoms with Crippen molar-refractivity contribution in [3.05, 3.63) is 0 Å². The molecule has 0 aromatic rings. The average molecular weight is 254 g/mol. The summed E-state index contributed by atoms with van der Waals surface area (Å²) >= 11 is 0. The third kappa shape index (κ3) is 6.75. The summed E-state index contributed by atoms with van der Waals surface area (Å²) in [6, 6.07) is 0.839. The molecule has 0 bridgehead atoms. The lowest BCUT2D eigenvalue weighted by Gasteiger charge is -2.34. The Balaban J connectivity index is 2.00. The minimum absolute atomic E-state index is 0.839. The Hall–Kier alpha value is -0.0800. The SMILES string of the molecule is CC(C)CCCNCCN(C)C1CCCC(C)C1. The van der Waals surface area contributed by atoms with Crippen LogP contribution < -0.4 is 5.32 Å². The van der Waals surface area contributed by atoms with E-state index in [2.05, 4.69) is 38.0 Å². The van der Waals surface area contributed by atoms with Gasteiger partial charge in [-0.2, -0.15) is 0 Å². The van der Waals surface area contributed by atoms with E-state index in [4.69, 9.17) is 0 Å². The first kappa shape index (κ1) is 16.0. The molecule has 108 valence electrons. The second kappa shape index (κ2) is 8.92. The third-order valence-corrected chi connectivity index (χ3v) is 4.31. The first-order chi connectivity index (χ1) is 8.59. The van der Waals surface area contributed by atoms with Crippen molar-refractivity contribution in [1.82, 2.24) is 10.2 Å². The molecule has 0 amide bonds. The molecule has 0 aliphatic heterocycles. The molecule has 2 heteroatoms. The molecule has 2 unspecified atom stereocenters. The molecule has 1 rings (SSSR count). The largest absolute Gasteiger partial charge is 0.315 e. The number of nitrogens with one attached hydrogen (secondary N) is 1. The minimum Gasteiger partial charge on any atom is -0.315 e. The smallest absolute Gasteiger partial charge is 0.0107 e. The molecule has 1 fully saturated rings. The molecular formula is C16H34N2. The summed E-state index contributed by atoms with van der Waals surface area (Å²) in [5, 5.41) is 3.58. The molecule has 1 aliphatic carbocycles. The van der Waals surface area contributed by atoms with Gasteiger partial charge in [0.2, 0.25) is 0 Å². The van der Waals surface area contributed by atoms with Gasteiger partial charge in [-0.05, 0) is 51.1 Å². The predicted octanol–water partition coefficient (Wildman–Crippen LogP) is 3.52. The van der Waals surface area contributed by atoms with E-state index in [0.29, 0.717) is 0 Å². The van der Waals surface area contributed by atoms with E-state index in [0.717, 1.165) is 24.4 Å². The lowest BCUT2D eigenvalue weighted by molar-refractivity contribution is 0.164. The van der Waals surface area contributed by atoms with E-state index in [9.17, 15) is 0 Å². The van der Waals surface area contributed by atoms with Gasteiger partial charge in [0.25, 0.3) is 0 Å². The first-order valence-electron chi connectivity index (χ1n) is 8.00. The van der Waals surface area contributed by atoms with Crippen LogP contribution >= 0.6 is 0 Å². The first-order valence-corrected chi connectivity index (χ1v) is 8.00. The summed E-state index contributed by atoms with van der Waals surface area (Å²) in [7, 11) is 2.30. The lowest BCUT2D eigenvalue weighted by atomic mass is 9.86. The van der Waals surface area contributed by atoms with Crippen molar-refractivity contribution in [2.24, 2.45) is 11.8 Å². The van der Waals surface area contributed by atoms with Crippen molar-refractivity contribution in [2.75, 3.05) is 26.7 Å². The number of hydrogen-bond donors (Lipinski definition) is 1. The quantitative estimate of drug-likeness (QED) is 0.667. The minimum atomic E-state index is 0.839. The highest BCUT2D eigenvalue weighted by Crippen LogP contribution is 2.26. The van der Waals surface area contributed by atoms with Crippen LogP contribution in [-0.2, 0) is 0 Å². The fraction of sp³-hybridized carbons (Fsp3) is 1.00. The van der Waals surface area contributed by atoms with Crippen LogP contribution in [0.4, 0.5) is 0 Å². The summed E-state index contributed by atoms with van der Waals surface area (Å²) in [5.41, 5.74) is 0. The molecule has 0 spiro atoms. The van der Waals surface area contributed by atoms with Crippen LogP contribution in [0.1, 0.15) is 59.3 Å². The topological polar surface area (TPSA) is 15.3 Å². The van der Waals surface area contributed by atoms with Crippen LogP contribution in [0.2, 0.25) is 0 Å². The Morgan fingerprint density at radius 2 is 2.00 bits per heavy atom. The van der Waals surface area contributed by atoms with Crippen molar-refractivity contribution in [1.29, 1.82) is 0 Å². The Bertz CT molecular complexity index is 203. The van der Waals surface area contributed by atoms with Crippen molar-refractivity contribution in [3.63, 3.8) is 0 Å². The van der Waals surface area contributed by atoms with Crippen LogP contribution in [0, 0.1) is 11.8 Å². The van der Waals surface area contributed by atoms with Gasteiger partial charge >= 0.3 is 0 Å². The summed E-state index contributed by atoms with van der Waals surface area (Å²) < 4.78 is 0. The summed E-state index contributed by atoms with van der Waals surface area (Å²) in [6.07, 6.45) is 8.36. The second-order valence-corrected chi connectivity index (χ2v) is 6.69. The Kier molecular flexibility index (Phi) is 7.92. The van der Waals surface area contributed by atoms with Crippen LogP contribution in [0.15, 0.2) is 0 Å². The van der Waals surface area contributed by atoms with Gasteiger partial charge < -0.3 is 10.2 Å². The van der Waals surface area contributed by atoms with E-state index in [1.165, 1.54) is 51.6 Å². The van der Waals surface area contributed by atoms with Crippen LogP contribution in [-0.4, -0.2) is 37.6 Å². The van der Waals surface area contributed by atoms with Crippen molar-refractivity contribution in [2.45, 2.75) is 65.3 Å². The number of rotatable bonds is 8. The van der Waals surface area contributed by atoms with Gasteiger partial charge in [-0.3, -0.25) is 0 Å². The molecule has 0 radical (unpaired) electrons. The summed E-state index contributed by atoms with van der Waals surface area (Å²) in [6.45, 7) is 10.6. The van der Waals surface area contributed by atoms with Crippen molar-refractivity contribution < 1.29 is 0 Å². The highest BCUT2D eigenvalue weighted by Gasteiger charge is 2.21. The average Bonchev–Trinajstić information content (AvgIpc) is 2.33. The standard InChI is InChI=1S/C16H34N2/c1-14(2)7-6-10-17-11-12-18(4)16-9-5-8-15(3)13-16/h14-17H,5-13H2,1-4H3. The summed E-state index contributed by atoms with van der Waals surface area (Å²) in [4.78, 5) is 2.57. The fourth-order valence-electron chi connectivity index (χ4n) is 3.00. The van der Waals surface area contributed by atoms with Gasteiger partial charge in [-0.15, -0.1) is 0 Å². The van der Waals surface area contributed by atoms with Gasteiger partial charge in [0.1, 0.15) is 0 Å². The summed E-state index contributed by atoms with van der Waals surface area (Å²) in [5.74, 6) is 1.78. The van der Waals surface area contributed by atoms with Crippen LogP contribution in [0.25, 0.3) is 0 Å². The lowest BCUT2D eigenvalue weighted by Crippen LogP contribution is -2.39. The van der Waals surface area contributed by atoms with E-state index in [1.54, 1.807) is 0 Å². The Morgan fingerprint density at radius 1 is 1.22 bits per heavy atom. The number of nitrogens with zero attached hydrogens (tertiary/aromatic N) is 1. The molecule has 1 N–H and O–H groups in total. The molecule has 2 nitrogen and oxygen atoms in total. The van der Waals surface area contributed by atoms with Gasteiger partial charge in [0.05, 0.1) is 0 Å². The number of likely N-dealkylation sites (N-methyl/N-ethyl adjacent to an activating group) is 1. The maximum atomic E-state index is 3.58. The Labute approximate surface area is 115 Å². The van der Waals surface area contributed by atoms with Gasteiger partial charge in [-0.1, -0.05) is 33.6 Å². The second-order valence-electron chi connectivity index (χ2n) is 6.69. The molecule has 1 saturated carbocycles. The van der Waals surface area contributed by atoms with E-state index >= 15 is 0 Å². The van der Waals surface area contributed by atoms with Crippen LogP contribution in [0.5, 0.6) is 0 Å². The normalized spacial score (nSPS) is 25.0. The van der Waals surface area contributed by atoms with E-state index in [-0.39, 0.29) is 0 Å². The maximum absolute atomic E-state index is 3.58. The van der Waals surface area contributed by atoms with Gasteiger partial charge in [0.15, 0.2) is 0 Å². The zero-order valence-corrected chi connectivity index (χ0v) is 13.0. The van der Waals surface area contributed by atoms with E-state index < -0.39 is 0 Å². The maximum Gasteiger partial charge on any atom is 0.0107 e. The molecule has 0 heterocycles. The Morgan fingerprint density at radius 3 is 2.67 bits per heavy atom. The van der Waals surface area contributed by atoms with E-state index in [1.807, 2.05) is 0 Å². The molecule has 0 aromatic carbocycles. The van der Waals surface area contributed by atoms with Gasteiger partial charge in [-0.25, -0.2) is 0 Å².